The molecule has 2 aromatic heterocycles. The van der Waals surface area contributed by atoms with Gasteiger partial charge in [0.2, 0.25) is 5.91 Å². The van der Waals surface area contributed by atoms with Crippen LogP contribution in [0, 0.1) is 5.92 Å². The van der Waals surface area contributed by atoms with Crippen molar-refractivity contribution >= 4 is 41.5 Å². The Bertz CT molecular complexity index is 2110. The van der Waals surface area contributed by atoms with E-state index in [-0.39, 0.29) is 12.5 Å². The number of aromatic amines is 1. The van der Waals surface area contributed by atoms with Crippen LogP contribution in [0.1, 0.15) is 35.7 Å². The third kappa shape index (κ3) is 9.05. The number of nitrogens with one attached hydrogen (secondary N) is 3. The van der Waals surface area contributed by atoms with E-state index in [0.29, 0.717) is 64.7 Å². The van der Waals surface area contributed by atoms with E-state index >= 15 is 0 Å². The third-order valence-corrected chi connectivity index (χ3v) is 8.68. The number of hydrogen-bond donors (Lipinski definition) is 3. The molecule has 0 saturated carbocycles. The normalized spacial score (nSPS) is 14.6. The number of amides is 3. The van der Waals surface area contributed by atoms with Crippen molar-refractivity contribution < 1.29 is 23.9 Å². The molecule has 6 rings (SSSR count). The first-order chi connectivity index (χ1) is 25.2. The van der Waals surface area contributed by atoms with Gasteiger partial charge >= 0.3 is 12.2 Å². The molecule has 0 spiro atoms. The number of rotatable bonds is 11. The Morgan fingerprint density at radius 3 is 2.63 bits per heavy atom. The molecule has 1 fully saturated rings. The predicted molar refractivity (Wildman–Crippen MR) is 191 cm³/mol. The molecule has 1 aliphatic rings. The van der Waals surface area contributed by atoms with Crippen LogP contribution in [-0.4, -0.2) is 73.6 Å². The van der Waals surface area contributed by atoms with Gasteiger partial charge in [-0.1, -0.05) is 54.1 Å². The van der Waals surface area contributed by atoms with Crippen molar-refractivity contribution in [3.8, 4) is 16.8 Å². The van der Waals surface area contributed by atoms with Crippen molar-refractivity contribution in [1.29, 1.82) is 0 Å². The summed E-state index contributed by atoms with van der Waals surface area (Å²) in [5.74, 6) is -0.448. The maximum Gasteiger partial charge on any atom is 0.411 e. The van der Waals surface area contributed by atoms with Crippen molar-refractivity contribution in [2.75, 3.05) is 25.5 Å². The highest BCUT2D eigenvalue weighted by molar-refractivity contribution is 6.30. The lowest BCUT2D eigenvalue weighted by molar-refractivity contribution is -0.117. The van der Waals surface area contributed by atoms with Gasteiger partial charge in [0.1, 0.15) is 12.9 Å². The van der Waals surface area contributed by atoms with E-state index in [0.717, 1.165) is 5.56 Å². The molecule has 3 aromatic carbocycles. The number of ether oxygens (including phenoxy) is 2. The van der Waals surface area contributed by atoms with Crippen molar-refractivity contribution in [3.63, 3.8) is 0 Å². The van der Waals surface area contributed by atoms with Gasteiger partial charge in [0.25, 0.3) is 5.56 Å². The molecule has 0 radical (unpaired) electrons. The topological polar surface area (TPSA) is 186 Å². The summed E-state index contributed by atoms with van der Waals surface area (Å²) in [5.41, 5.74) is 3.43. The Labute approximate surface area is 302 Å². The van der Waals surface area contributed by atoms with Gasteiger partial charge in [-0.05, 0) is 82.8 Å². The molecule has 52 heavy (non-hydrogen) atoms. The Hall–Kier alpha value is -6.35. The second-order valence-corrected chi connectivity index (χ2v) is 12.4. The highest BCUT2D eigenvalue weighted by Crippen LogP contribution is 2.29. The van der Waals surface area contributed by atoms with Crippen LogP contribution in [0.3, 0.4) is 0 Å². The number of hydrogen-bond acceptors (Lipinski definition) is 10. The molecule has 1 saturated heterocycles. The largest absolute Gasteiger partial charge is 0.453 e. The van der Waals surface area contributed by atoms with Crippen LogP contribution in [0.5, 0.6) is 0 Å². The van der Waals surface area contributed by atoms with Gasteiger partial charge < -0.3 is 19.7 Å². The second kappa shape index (κ2) is 16.6. The molecule has 266 valence electrons. The fourth-order valence-electron chi connectivity index (χ4n) is 5.83. The highest BCUT2D eigenvalue weighted by atomic mass is 35.5. The summed E-state index contributed by atoms with van der Waals surface area (Å²) in [6.45, 7) is 1.07. The lowest BCUT2D eigenvalue weighted by Crippen LogP contribution is -2.32. The van der Waals surface area contributed by atoms with E-state index in [1.54, 1.807) is 59.5 Å². The number of H-pyrrole nitrogens is 1. The molecule has 0 bridgehead atoms. The summed E-state index contributed by atoms with van der Waals surface area (Å²) in [7, 11) is 1.26. The summed E-state index contributed by atoms with van der Waals surface area (Å²) in [5, 5.41) is 24.3. The first kappa shape index (κ1) is 35.5. The molecule has 1 unspecified atom stereocenters. The first-order valence-corrected chi connectivity index (χ1v) is 16.7. The number of carbonyl (C=O) groups is 3. The molecule has 16 heteroatoms. The zero-order valence-electron chi connectivity index (χ0n) is 27.9. The van der Waals surface area contributed by atoms with Crippen molar-refractivity contribution in [1.82, 2.24) is 40.6 Å². The monoisotopic (exact) mass is 723 g/mol. The SMILES string of the molecule is COC(=O)Nc1ccc(-c2cc([C@H](CC3CCN(C(=O)OCc4ccccc4)C3)NC(=O)/C=C/c3cc(Cl)ccc3-n3cnnn3)n[nH]c2=O)cc1. The van der Waals surface area contributed by atoms with E-state index in [2.05, 4.69) is 41.1 Å². The van der Waals surface area contributed by atoms with Crippen LogP contribution in [0.2, 0.25) is 5.02 Å². The maximum atomic E-state index is 13.5. The quantitative estimate of drug-likeness (QED) is 0.154. The average Bonchev–Trinajstić information content (AvgIpc) is 3.87. The molecular weight excluding hydrogens is 690 g/mol. The van der Waals surface area contributed by atoms with E-state index < -0.39 is 29.7 Å². The Balaban J connectivity index is 1.22. The minimum Gasteiger partial charge on any atom is -0.453 e. The first-order valence-electron chi connectivity index (χ1n) is 16.3. The molecular formula is C36H34ClN9O6. The van der Waals surface area contributed by atoms with E-state index in [9.17, 15) is 19.2 Å². The molecule has 0 aliphatic carbocycles. The fourth-order valence-corrected chi connectivity index (χ4v) is 6.01. The smallest absolute Gasteiger partial charge is 0.411 e. The van der Waals surface area contributed by atoms with Gasteiger partial charge in [-0.3, -0.25) is 14.9 Å². The van der Waals surface area contributed by atoms with Gasteiger partial charge in [-0.25, -0.2) is 14.7 Å². The highest BCUT2D eigenvalue weighted by Gasteiger charge is 2.31. The number of carbonyl (C=O) groups excluding carboxylic acids is 3. The number of nitrogens with zero attached hydrogens (tertiary/aromatic N) is 6. The van der Waals surface area contributed by atoms with Gasteiger partial charge in [-0.2, -0.15) is 9.78 Å². The minimum atomic E-state index is -0.656. The Morgan fingerprint density at radius 2 is 1.88 bits per heavy atom. The van der Waals surface area contributed by atoms with Gasteiger partial charge in [0, 0.05) is 35.4 Å². The predicted octanol–water partition coefficient (Wildman–Crippen LogP) is 5.16. The van der Waals surface area contributed by atoms with Crippen LogP contribution in [0.4, 0.5) is 15.3 Å². The van der Waals surface area contributed by atoms with Gasteiger partial charge in [0.05, 0.1) is 30.1 Å². The molecule has 1 aliphatic heterocycles. The zero-order chi connectivity index (χ0) is 36.5. The van der Waals surface area contributed by atoms with Crippen LogP contribution in [-0.2, 0) is 20.9 Å². The maximum absolute atomic E-state index is 13.5. The Kier molecular flexibility index (Phi) is 11.3. The number of halogens is 1. The number of aromatic nitrogens is 6. The van der Waals surface area contributed by atoms with Gasteiger partial charge in [0.15, 0.2) is 0 Å². The Morgan fingerprint density at radius 1 is 1.08 bits per heavy atom. The standard InChI is InChI=1S/C36H34ClN9O6/c1-51-35(49)39-28-11-7-25(8-12-28)29-19-31(41-42-34(29)48)30(17-24-15-16-45(20-24)36(50)52-21-23-5-3-2-4-6-23)40-33(47)14-9-26-18-27(37)10-13-32(26)46-22-38-43-44-46/h2-14,18-19,22,24,30H,15-17,20-21H2,1H3,(H,39,49)(H,40,47)(H,42,48)/b14-9+/t24?,30-/m0/s1. The van der Waals surface area contributed by atoms with Crippen LogP contribution < -0.4 is 16.2 Å². The summed E-state index contributed by atoms with van der Waals surface area (Å²) >= 11 is 6.26. The van der Waals surface area contributed by atoms with Crippen LogP contribution in [0.25, 0.3) is 22.9 Å². The molecule has 2 atom stereocenters. The van der Waals surface area contributed by atoms with Crippen molar-refractivity contribution in [2.24, 2.45) is 5.92 Å². The molecule has 5 aromatic rings. The summed E-state index contributed by atoms with van der Waals surface area (Å²) < 4.78 is 11.6. The number of methoxy groups -OCH3 is 1. The van der Waals surface area contributed by atoms with Crippen molar-refractivity contribution in [3.05, 3.63) is 123 Å². The fraction of sp³-hybridized carbons (Fsp3) is 0.222. The number of tetrazole rings is 1. The lowest BCUT2D eigenvalue weighted by Gasteiger charge is -2.22. The summed E-state index contributed by atoms with van der Waals surface area (Å²) in [4.78, 5) is 52.7. The van der Waals surface area contributed by atoms with E-state index in [1.165, 1.54) is 24.2 Å². The minimum absolute atomic E-state index is 0.0150. The molecule has 3 heterocycles. The number of likely N-dealkylation sites (tertiary alicyclic amines) is 1. The van der Waals surface area contributed by atoms with Crippen LogP contribution >= 0.6 is 11.6 Å². The molecule has 3 amide bonds. The lowest BCUT2D eigenvalue weighted by atomic mass is 9.95. The number of anilines is 1. The molecule has 3 N–H and O–H groups in total. The molecule has 15 nitrogen and oxygen atoms in total. The second-order valence-electron chi connectivity index (χ2n) is 12.0. The zero-order valence-corrected chi connectivity index (χ0v) is 28.7. The average molecular weight is 724 g/mol. The third-order valence-electron chi connectivity index (χ3n) is 8.44. The van der Waals surface area contributed by atoms with E-state index in [4.69, 9.17) is 16.3 Å². The summed E-state index contributed by atoms with van der Waals surface area (Å²) in [6, 6.07) is 22.2. The van der Waals surface area contributed by atoms with Crippen molar-refractivity contribution in [2.45, 2.75) is 25.5 Å². The number of benzene rings is 3. The van der Waals surface area contributed by atoms with E-state index in [1.807, 2.05) is 30.3 Å². The summed E-state index contributed by atoms with van der Waals surface area (Å²) in [6.07, 6.45) is 4.45. The van der Waals surface area contributed by atoms with Gasteiger partial charge in [-0.15, -0.1) is 5.10 Å². The van der Waals surface area contributed by atoms with Crippen LogP contribution in [0.15, 0.2) is 96.1 Å².